The van der Waals surface area contributed by atoms with Gasteiger partial charge in [-0.05, 0) is 42.5 Å². The van der Waals surface area contributed by atoms with Gasteiger partial charge < -0.3 is 10.0 Å². The van der Waals surface area contributed by atoms with E-state index in [9.17, 15) is 14.7 Å². The van der Waals surface area contributed by atoms with Gasteiger partial charge in [-0.1, -0.05) is 47.8 Å². The van der Waals surface area contributed by atoms with Gasteiger partial charge in [0.15, 0.2) is 0 Å². The summed E-state index contributed by atoms with van der Waals surface area (Å²) < 4.78 is 0.925. The highest BCUT2D eigenvalue weighted by Crippen LogP contribution is 2.41. The van der Waals surface area contributed by atoms with Crippen LogP contribution in [-0.4, -0.2) is 28.2 Å². The van der Waals surface area contributed by atoms with Gasteiger partial charge in [-0.2, -0.15) is 0 Å². The normalized spacial score (nSPS) is 19.1. The predicted octanol–water partition coefficient (Wildman–Crippen LogP) is 5.43. The molecule has 27 heavy (non-hydrogen) atoms. The van der Waals surface area contributed by atoms with E-state index >= 15 is 0 Å². The van der Waals surface area contributed by atoms with Crippen LogP contribution in [0.3, 0.4) is 0 Å². The Kier molecular flexibility index (Phi) is 6.17. The number of amides is 1. The number of rotatable bonds is 6. The minimum Gasteiger partial charge on any atom is -0.507 e. The van der Waals surface area contributed by atoms with Crippen molar-refractivity contribution in [3.05, 3.63) is 61.8 Å². The van der Waals surface area contributed by atoms with Crippen molar-refractivity contribution in [2.45, 2.75) is 39.2 Å². The van der Waals surface area contributed by atoms with E-state index in [4.69, 9.17) is 0 Å². The summed E-state index contributed by atoms with van der Waals surface area (Å²) in [4.78, 5) is 28.0. The van der Waals surface area contributed by atoms with Crippen LogP contribution in [0.15, 0.2) is 45.8 Å². The molecule has 2 aromatic rings. The highest BCUT2D eigenvalue weighted by molar-refractivity contribution is 9.10. The number of aliphatic hydroxyl groups excluding tert-OH is 1. The average Bonchev–Trinajstić information content (AvgIpc) is 3.26. The Morgan fingerprint density at radius 3 is 2.67 bits per heavy atom. The number of thiophene rings is 1. The first-order chi connectivity index (χ1) is 13.0. The minimum absolute atomic E-state index is 0.111. The fourth-order valence-corrected chi connectivity index (χ4v) is 4.42. The molecule has 1 unspecified atom stereocenters. The van der Waals surface area contributed by atoms with Gasteiger partial charge in [0.2, 0.25) is 0 Å². The number of hydrogen-bond donors (Lipinski definition) is 1. The Morgan fingerprint density at radius 1 is 1.26 bits per heavy atom. The van der Waals surface area contributed by atoms with Gasteiger partial charge in [-0.25, -0.2) is 0 Å². The molecule has 0 aliphatic carbocycles. The fraction of sp³-hybridized carbons (Fsp3) is 0.333. The van der Waals surface area contributed by atoms with Crippen LogP contribution in [0.1, 0.15) is 48.2 Å². The van der Waals surface area contributed by atoms with Gasteiger partial charge in [-0.15, -0.1) is 11.3 Å². The van der Waals surface area contributed by atoms with E-state index in [1.165, 1.54) is 11.3 Å². The predicted molar refractivity (Wildman–Crippen MR) is 112 cm³/mol. The molecule has 2 heterocycles. The maximum atomic E-state index is 12.8. The van der Waals surface area contributed by atoms with E-state index < -0.39 is 17.7 Å². The molecule has 1 aromatic carbocycles. The van der Waals surface area contributed by atoms with Crippen LogP contribution in [0.25, 0.3) is 5.76 Å². The lowest BCUT2D eigenvalue weighted by Gasteiger charge is -2.24. The van der Waals surface area contributed by atoms with Crippen LogP contribution < -0.4 is 0 Å². The number of likely N-dealkylation sites (tertiary alicyclic amines) is 1. The molecule has 1 fully saturated rings. The summed E-state index contributed by atoms with van der Waals surface area (Å²) in [5.41, 5.74) is 1.67. The molecule has 0 saturated carbocycles. The van der Waals surface area contributed by atoms with Crippen LogP contribution in [0.2, 0.25) is 0 Å². The molecule has 1 aliphatic rings. The van der Waals surface area contributed by atoms with E-state index in [0.29, 0.717) is 12.1 Å². The first kappa shape index (κ1) is 19.8. The van der Waals surface area contributed by atoms with Crippen molar-refractivity contribution in [1.82, 2.24) is 4.90 Å². The number of carbonyl (C=O) groups excluding carboxylic acids is 2. The van der Waals surface area contributed by atoms with Gasteiger partial charge in [0.1, 0.15) is 5.76 Å². The molecule has 0 spiro atoms. The Labute approximate surface area is 171 Å². The number of Topliss-reactive ketones (excluding diaryl/α,β-unsaturated/α-hetero) is 1. The second kappa shape index (κ2) is 8.40. The third kappa shape index (κ3) is 3.87. The first-order valence-electron chi connectivity index (χ1n) is 9.04. The molecular formula is C21H22BrNO3S. The van der Waals surface area contributed by atoms with Crippen LogP contribution in [0.4, 0.5) is 0 Å². The highest BCUT2D eigenvalue weighted by Gasteiger charge is 2.46. The summed E-state index contributed by atoms with van der Waals surface area (Å²) in [6.45, 7) is 4.53. The molecule has 1 N–H and O–H groups in total. The number of aliphatic hydroxyl groups is 1. The Morgan fingerprint density at radius 2 is 2.04 bits per heavy atom. The van der Waals surface area contributed by atoms with E-state index in [2.05, 4.69) is 22.9 Å². The second-order valence-corrected chi connectivity index (χ2v) is 8.51. The summed E-state index contributed by atoms with van der Waals surface area (Å²) in [5, 5.41) is 12.9. The third-order valence-electron chi connectivity index (χ3n) is 4.79. The molecule has 1 aliphatic heterocycles. The summed E-state index contributed by atoms with van der Waals surface area (Å²) in [5.74, 6) is -1.25. The third-order valence-corrected chi connectivity index (χ3v) is 6.60. The van der Waals surface area contributed by atoms with E-state index in [-0.39, 0.29) is 11.3 Å². The topological polar surface area (TPSA) is 57.6 Å². The van der Waals surface area contributed by atoms with Gasteiger partial charge in [0.25, 0.3) is 11.7 Å². The summed E-state index contributed by atoms with van der Waals surface area (Å²) >= 11 is 4.94. The van der Waals surface area contributed by atoms with Gasteiger partial charge in [0.05, 0.1) is 11.6 Å². The average molecular weight is 448 g/mol. The zero-order valence-corrected chi connectivity index (χ0v) is 17.8. The van der Waals surface area contributed by atoms with E-state index in [0.717, 1.165) is 34.2 Å². The highest BCUT2D eigenvalue weighted by atomic mass is 79.9. The fourth-order valence-electron chi connectivity index (χ4n) is 3.33. The maximum Gasteiger partial charge on any atom is 0.295 e. The molecule has 1 saturated heterocycles. The van der Waals surface area contributed by atoms with Crippen LogP contribution in [-0.2, 0) is 9.59 Å². The Hall–Kier alpha value is -1.92. The summed E-state index contributed by atoms with van der Waals surface area (Å²) in [7, 11) is 0. The zero-order valence-electron chi connectivity index (χ0n) is 15.4. The largest absolute Gasteiger partial charge is 0.507 e. The first-order valence-corrected chi connectivity index (χ1v) is 10.7. The number of carbonyl (C=O) groups is 2. The van der Waals surface area contributed by atoms with Crippen molar-refractivity contribution < 1.29 is 14.7 Å². The molecule has 6 heteroatoms. The van der Waals surface area contributed by atoms with Gasteiger partial charge in [-0.3, -0.25) is 9.59 Å². The smallest absolute Gasteiger partial charge is 0.295 e. The molecule has 0 bridgehead atoms. The number of halogens is 1. The number of unbranched alkanes of at least 4 members (excludes halogenated alkanes) is 2. The molecule has 0 radical (unpaired) electrons. The van der Waals surface area contributed by atoms with Crippen LogP contribution >= 0.6 is 27.3 Å². The molecule has 4 nitrogen and oxygen atoms in total. The van der Waals surface area contributed by atoms with Crippen molar-refractivity contribution in [3.8, 4) is 0 Å². The molecule has 1 amide bonds. The van der Waals surface area contributed by atoms with E-state index in [1.807, 2.05) is 36.6 Å². The number of hydrogen-bond acceptors (Lipinski definition) is 4. The van der Waals surface area contributed by atoms with Crippen LogP contribution in [0, 0.1) is 6.92 Å². The lowest BCUT2D eigenvalue weighted by molar-refractivity contribution is -0.139. The number of nitrogens with zero attached hydrogens (tertiary/aromatic N) is 1. The van der Waals surface area contributed by atoms with Crippen molar-refractivity contribution in [3.63, 3.8) is 0 Å². The quantitative estimate of drug-likeness (QED) is 0.278. The number of benzene rings is 1. The summed E-state index contributed by atoms with van der Waals surface area (Å²) in [6, 6.07) is 8.69. The molecule has 1 aromatic heterocycles. The second-order valence-electron chi connectivity index (χ2n) is 6.68. The van der Waals surface area contributed by atoms with Crippen molar-refractivity contribution in [1.29, 1.82) is 0 Å². The monoisotopic (exact) mass is 447 g/mol. The van der Waals surface area contributed by atoms with Crippen molar-refractivity contribution >= 4 is 44.7 Å². The maximum absolute atomic E-state index is 12.8. The molecule has 142 valence electrons. The van der Waals surface area contributed by atoms with E-state index in [1.54, 1.807) is 11.0 Å². The molecular weight excluding hydrogens is 426 g/mol. The van der Waals surface area contributed by atoms with Gasteiger partial charge in [0, 0.05) is 21.5 Å². The van der Waals surface area contributed by atoms with Crippen molar-refractivity contribution in [2.24, 2.45) is 0 Å². The lowest BCUT2D eigenvalue weighted by Crippen LogP contribution is -2.30. The van der Waals surface area contributed by atoms with Crippen molar-refractivity contribution in [2.75, 3.05) is 6.54 Å². The minimum atomic E-state index is -0.608. The molecule has 1 atom stereocenters. The zero-order chi connectivity index (χ0) is 19.6. The van der Waals surface area contributed by atoms with Gasteiger partial charge >= 0.3 is 0 Å². The standard InChI is InChI=1S/C21H22BrNO3S/c1-3-4-5-10-23-18(16-7-6-11-27-16)17(20(25)21(23)26)19(24)14-8-9-15(22)13(2)12-14/h6-9,11-12,18,24H,3-5,10H2,1-2H3/b19-17-. The Bertz CT molecular complexity index is 889. The molecule has 3 rings (SSSR count). The summed E-state index contributed by atoms with van der Waals surface area (Å²) in [6.07, 6.45) is 2.86. The number of ketones is 1. The SMILES string of the molecule is CCCCCN1C(=O)C(=O)/C(=C(\O)c2ccc(Br)c(C)c2)C1c1cccs1. The lowest BCUT2D eigenvalue weighted by atomic mass is 9.99. The van der Waals surface area contributed by atoms with Crippen LogP contribution in [0.5, 0.6) is 0 Å². The number of aryl methyl sites for hydroxylation is 1. The Balaban J connectivity index is 2.09.